The number of aromatic nitrogens is 2. The van der Waals surface area contributed by atoms with Gasteiger partial charge in [0.2, 0.25) is 5.88 Å². The summed E-state index contributed by atoms with van der Waals surface area (Å²) in [6.07, 6.45) is 3.32. The van der Waals surface area contributed by atoms with Crippen molar-refractivity contribution in [3.63, 3.8) is 0 Å². The van der Waals surface area contributed by atoms with Crippen molar-refractivity contribution in [1.29, 1.82) is 5.26 Å². The smallest absolute Gasteiger partial charge is 0.352 e. The summed E-state index contributed by atoms with van der Waals surface area (Å²) >= 11 is 0. The Morgan fingerprint density at radius 2 is 2.00 bits per heavy atom. The summed E-state index contributed by atoms with van der Waals surface area (Å²) in [7, 11) is 0. The van der Waals surface area contributed by atoms with E-state index in [2.05, 4.69) is 9.88 Å². The Hall–Kier alpha value is -3.93. The first kappa shape index (κ1) is 20.9. The molecule has 0 aliphatic carbocycles. The minimum absolute atomic E-state index is 0.0771. The van der Waals surface area contributed by atoms with Crippen LogP contribution in [0.25, 0.3) is 0 Å². The lowest BCUT2D eigenvalue weighted by Gasteiger charge is -2.30. The second-order valence-electron chi connectivity index (χ2n) is 8.10. The molecule has 0 bridgehead atoms. The van der Waals surface area contributed by atoms with Gasteiger partial charge >= 0.3 is 5.69 Å². The van der Waals surface area contributed by atoms with Crippen LogP contribution in [0.4, 0.5) is 14.6 Å². The van der Waals surface area contributed by atoms with E-state index in [-0.39, 0.29) is 35.2 Å². The highest BCUT2D eigenvalue weighted by atomic mass is 19.2. The van der Waals surface area contributed by atoms with Gasteiger partial charge in [-0.3, -0.25) is 4.57 Å². The molecule has 3 aromatic rings. The average Bonchev–Trinajstić information content (AvgIpc) is 3.20. The Morgan fingerprint density at radius 1 is 1.12 bits per heavy atom. The van der Waals surface area contributed by atoms with Crippen molar-refractivity contribution < 1.29 is 18.3 Å². The third-order valence-electron chi connectivity index (χ3n) is 5.95. The maximum Gasteiger partial charge on any atom is 0.352 e. The Kier molecular flexibility index (Phi) is 5.42. The Labute approximate surface area is 188 Å². The molecule has 33 heavy (non-hydrogen) atoms. The normalized spacial score (nSPS) is 16.6. The molecule has 1 fully saturated rings. The van der Waals surface area contributed by atoms with Crippen LogP contribution in [0.3, 0.4) is 0 Å². The number of ether oxygens (including phenoxy) is 2. The molecule has 2 aliphatic heterocycles. The van der Waals surface area contributed by atoms with Crippen molar-refractivity contribution in [1.82, 2.24) is 9.55 Å². The van der Waals surface area contributed by atoms with Crippen molar-refractivity contribution in [2.24, 2.45) is 0 Å². The predicted molar refractivity (Wildman–Crippen MR) is 115 cm³/mol. The molecule has 2 aliphatic rings. The van der Waals surface area contributed by atoms with E-state index < -0.39 is 11.6 Å². The molecule has 7 nitrogen and oxygen atoms in total. The maximum absolute atomic E-state index is 13.4. The van der Waals surface area contributed by atoms with Gasteiger partial charge in [-0.25, -0.2) is 13.6 Å². The van der Waals surface area contributed by atoms with Crippen molar-refractivity contribution in [2.45, 2.75) is 38.5 Å². The van der Waals surface area contributed by atoms with Crippen molar-refractivity contribution in [3.8, 4) is 23.4 Å². The van der Waals surface area contributed by atoms with Gasteiger partial charge in [-0.05, 0) is 49.1 Å². The van der Waals surface area contributed by atoms with Crippen molar-refractivity contribution >= 4 is 5.82 Å². The lowest BCUT2D eigenvalue weighted by molar-refractivity contribution is 0.291. The highest BCUT2D eigenvalue weighted by Crippen LogP contribution is 2.32. The minimum atomic E-state index is -1.04. The lowest BCUT2D eigenvalue weighted by Crippen LogP contribution is -2.36. The largest absolute Gasteiger partial charge is 0.473 e. The van der Waals surface area contributed by atoms with E-state index >= 15 is 0 Å². The van der Waals surface area contributed by atoms with Crippen LogP contribution in [0.5, 0.6) is 17.4 Å². The number of hydrogen-bond acceptors (Lipinski definition) is 6. The quantitative estimate of drug-likeness (QED) is 0.581. The highest BCUT2D eigenvalue weighted by molar-refractivity contribution is 5.49. The number of benzene rings is 2. The molecule has 0 radical (unpaired) electrons. The second-order valence-corrected chi connectivity index (χ2v) is 8.10. The molecule has 1 atom stereocenters. The van der Waals surface area contributed by atoms with Gasteiger partial charge in [0.05, 0.1) is 5.56 Å². The zero-order chi connectivity index (χ0) is 22.9. The molecule has 3 heterocycles. The predicted octanol–water partition coefficient (Wildman–Crippen LogP) is 4.14. The molecule has 1 saturated heterocycles. The molecule has 2 aromatic carbocycles. The fourth-order valence-electron chi connectivity index (χ4n) is 4.33. The summed E-state index contributed by atoms with van der Waals surface area (Å²) in [5, 5.41) is 9.49. The number of anilines is 1. The molecular weight excluding hydrogens is 430 g/mol. The summed E-state index contributed by atoms with van der Waals surface area (Å²) in [5.41, 5.74) is 0.548. The molecule has 0 N–H and O–H groups in total. The van der Waals surface area contributed by atoms with E-state index in [1.54, 1.807) is 28.8 Å². The third-order valence-corrected chi connectivity index (χ3v) is 5.95. The zero-order valence-electron chi connectivity index (χ0n) is 17.6. The van der Waals surface area contributed by atoms with Gasteiger partial charge in [0.15, 0.2) is 11.6 Å². The van der Waals surface area contributed by atoms with Crippen molar-refractivity contribution in [3.05, 3.63) is 75.7 Å². The first-order valence-corrected chi connectivity index (χ1v) is 10.7. The average molecular weight is 450 g/mol. The molecule has 0 spiro atoms. The van der Waals surface area contributed by atoms with Crippen LogP contribution in [0.2, 0.25) is 0 Å². The monoisotopic (exact) mass is 450 g/mol. The summed E-state index contributed by atoms with van der Waals surface area (Å²) in [4.78, 5) is 18.8. The topological polar surface area (TPSA) is 80.4 Å². The first-order valence-electron chi connectivity index (χ1n) is 10.7. The molecule has 1 aromatic heterocycles. The number of nitrogens with zero attached hydrogens (tertiary/aromatic N) is 4. The highest BCUT2D eigenvalue weighted by Gasteiger charge is 2.32. The zero-order valence-corrected chi connectivity index (χ0v) is 17.6. The summed E-state index contributed by atoms with van der Waals surface area (Å²) in [6, 6.07) is 12.1. The van der Waals surface area contributed by atoms with Gasteiger partial charge in [-0.15, -0.1) is 0 Å². The molecule has 5 rings (SSSR count). The summed E-state index contributed by atoms with van der Waals surface area (Å²) < 4.78 is 39.5. The van der Waals surface area contributed by atoms with Gasteiger partial charge in [0.25, 0.3) is 0 Å². The Bertz CT molecular complexity index is 1320. The molecule has 168 valence electrons. The molecule has 0 saturated carbocycles. The van der Waals surface area contributed by atoms with Crippen LogP contribution in [0.1, 0.15) is 30.4 Å². The number of halogens is 2. The number of rotatable bonds is 5. The van der Waals surface area contributed by atoms with Gasteiger partial charge in [-0.1, -0.05) is 6.07 Å². The number of fused-ring (bicyclic) bond motifs is 3. The molecule has 0 amide bonds. The van der Waals surface area contributed by atoms with Gasteiger partial charge in [0.1, 0.15) is 30.0 Å². The van der Waals surface area contributed by atoms with Gasteiger partial charge < -0.3 is 14.4 Å². The Balaban J connectivity index is 1.31. The second kappa shape index (κ2) is 8.54. The molecule has 1 unspecified atom stereocenters. The first-order chi connectivity index (χ1) is 16.0. The standard InChI is InChI=1S/C24H20F2N4O3/c25-19-6-5-18(10-20(19)26)33-21-7-4-15(9-16(21)12-27)14-32-22-11-23-29-8-2-1-3-17(29)13-30(23)24(31)28-22/h4-7,9-11,17H,1-3,8,13-14H2. The van der Waals surface area contributed by atoms with E-state index in [4.69, 9.17) is 9.47 Å². The van der Waals surface area contributed by atoms with Crippen LogP contribution < -0.4 is 20.1 Å². The minimum Gasteiger partial charge on any atom is -0.473 e. The number of nitriles is 1. The van der Waals surface area contributed by atoms with Gasteiger partial charge in [0, 0.05) is 31.3 Å². The van der Waals surface area contributed by atoms with E-state index in [0.717, 1.165) is 43.8 Å². The van der Waals surface area contributed by atoms with E-state index in [0.29, 0.717) is 18.2 Å². The van der Waals surface area contributed by atoms with Gasteiger partial charge in [-0.2, -0.15) is 10.2 Å². The van der Waals surface area contributed by atoms with Crippen molar-refractivity contribution in [2.75, 3.05) is 11.4 Å². The van der Waals surface area contributed by atoms with E-state index in [1.807, 2.05) is 6.07 Å². The van der Waals surface area contributed by atoms with E-state index in [1.165, 1.54) is 6.07 Å². The SMILES string of the molecule is N#Cc1cc(COc2cc3n(c(=O)n2)CC2CCCCN32)ccc1Oc1ccc(F)c(F)c1. The number of hydrogen-bond donors (Lipinski definition) is 0. The van der Waals surface area contributed by atoms with E-state index in [9.17, 15) is 18.8 Å². The Morgan fingerprint density at radius 3 is 2.82 bits per heavy atom. The summed E-state index contributed by atoms with van der Waals surface area (Å²) in [6.45, 7) is 1.67. The number of piperidine rings is 1. The molecular formula is C24H20F2N4O3. The van der Waals surface area contributed by atoms with Crippen LogP contribution in [-0.4, -0.2) is 22.1 Å². The fourth-order valence-corrected chi connectivity index (χ4v) is 4.33. The molecule has 9 heteroatoms. The third kappa shape index (κ3) is 4.12. The maximum atomic E-state index is 13.4. The summed E-state index contributed by atoms with van der Waals surface area (Å²) in [5.74, 6) is -0.665. The van der Waals surface area contributed by atoms with Crippen LogP contribution in [0, 0.1) is 23.0 Å². The lowest BCUT2D eigenvalue weighted by atomic mass is 10.0. The van der Waals surface area contributed by atoms with Crippen LogP contribution >= 0.6 is 0 Å². The van der Waals surface area contributed by atoms with Crippen LogP contribution in [-0.2, 0) is 13.2 Å². The fraction of sp³-hybridized carbons (Fsp3) is 0.292. The van der Waals surface area contributed by atoms with Crippen LogP contribution in [0.15, 0.2) is 47.3 Å².